The van der Waals surface area contributed by atoms with Crippen molar-refractivity contribution in [2.75, 3.05) is 6.54 Å². The van der Waals surface area contributed by atoms with Crippen LogP contribution in [-0.2, 0) is 19.1 Å². The van der Waals surface area contributed by atoms with Gasteiger partial charge in [-0.2, -0.15) is 5.10 Å². The fourth-order valence-electron chi connectivity index (χ4n) is 3.80. The van der Waals surface area contributed by atoms with Crippen LogP contribution in [0.5, 0.6) is 0 Å². The molecular formula is C23H30N4O5. The van der Waals surface area contributed by atoms with Gasteiger partial charge in [0.25, 0.3) is 5.91 Å². The maximum atomic E-state index is 12.4. The van der Waals surface area contributed by atoms with E-state index in [0.717, 1.165) is 43.4 Å². The number of hydrazone groups is 1. The molecule has 3 rings (SSSR count). The minimum Gasteiger partial charge on any atom is -0.453 e. The summed E-state index contributed by atoms with van der Waals surface area (Å²) in [6, 6.07) is 9.10. The first-order valence-electron chi connectivity index (χ1n) is 11.2. The van der Waals surface area contributed by atoms with Crippen LogP contribution in [-0.4, -0.2) is 53.2 Å². The Bertz CT molecular complexity index is 864. The molecule has 9 heteroatoms. The highest BCUT2D eigenvalue weighted by Crippen LogP contribution is 2.17. The molecule has 1 heterocycles. The lowest BCUT2D eigenvalue weighted by molar-refractivity contribution is -0.155. The molecule has 0 aromatic heterocycles. The quantitative estimate of drug-likeness (QED) is 0.629. The average molecular weight is 443 g/mol. The molecule has 4 amide bonds. The topological polar surface area (TPSA) is 117 Å². The molecule has 0 spiro atoms. The Kier molecular flexibility index (Phi) is 8.35. The Hall–Kier alpha value is -3.23. The van der Waals surface area contributed by atoms with E-state index < -0.39 is 24.0 Å². The predicted molar refractivity (Wildman–Crippen MR) is 118 cm³/mol. The first kappa shape index (κ1) is 23.4. The molecule has 0 radical (unpaired) electrons. The smallest absolute Gasteiger partial charge is 0.321 e. The highest BCUT2D eigenvalue weighted by Gasteiger charge is 2.25. The van der Waals surface area contributed by atoms with E-state index in [-0.39, 0.29) is 24.8 Å². The number of ether oxygens (including phenoxy) is 1. The third-order valence-electron chi connectivity index (χ3n) is 5.59. The van der Waals surface area contributed by atoms with Gasteiger partial charge in [0.2, 0.25) is 5.91 Å². The van der Waals surface area contributed by atoms with E-state index >= 15 is 0 Å². The SMILES string of the molecule is C[C@H](OC(=O)CCC(=O)N1CCC(c2ccccc2)=N1)C(=O)NC(=O)NC1CCCCC1. The molecule has 2 aliphatic rings. The largest absolute Gasteiger partial charge is 0.453 e. The number of hydrogen-bond donors (Lipinski definition) is 2. The second-order valence-corrected chi connectivity index (χ2v) is 8.11. The minimum atomic E-state index is -1.14. The van der Waals surface area contributed by atoms with Crippen molar-refractivity contribution in [3.8, 4) is 0 Å². The van der Waals surface area contributed by atoms with Gasteiger partial charge in [-0.25, -0.2) is 9.80 Å². The average Bonchev–Trinajstić information content (AvgIpc) is 3.29. The van der Waals surface area contributed by atoms with Gasteiger partial charge < -0.3 is 10.1 Å². The van der Waals surface area contributed by atoms with Crippen molar-refractivity contribution in [3.63, 3.8) is 0 Å². The van der Waals surface area contributed by atoms with Crippen molar-refractivity contribution >= 4 is 29.5 Å². The number of nitrogens with one attached hydrogen (secondary N) is 2. The summed E-state index contributed by atoms with van der Waals surface area (Å²) in [5, 5.41) is 10.7. The molecule has 1 fully saturated rings. The summed E-state index contributed by atoms with van der Waals surface area (Å²) >= 11 is 0. The van der Waals surface area contributed by atoms with Crippen LogP contribution in [0.1, 0.15) is 63.9 Å². The van der Waals surface area contributed by atoms with Crippen LogP contribution in [0.3, 0.4) is 0 Å². The summed E-state index contributed by atoms with van der Waals surface area (Å²) in [4.78, 5) is 48.5. The van der Waals surface area contributed by atoms with Gasteiger partial charge in [0.1, 0.15) is 0 Å². The van der Waals surface area contributed by atoms with Crippen molar-refractivity contribution in [1.29, 1.82) is 0 Å². The van der Waals surface area contributed by atoms with E-state index in [1.54, 1.807) is 0 Å². The number of amides is 4. The Morgan fingerprint density at radius 3 is 2.53 bits per heavy atom. The van der Waals surface area contributed by atoms with Crippen LogP contribution in [0.25, 0.3) is 0 Å². The second kappa shape index (κ2) is 11.4. The standard InChI is InChI=1S/C23H30N4O5/c1-16(22(30)25-23(31)24-18-10-6-3-7-11-18)32-21(29)13-12-20(28)27-15-14-19(26-27)17-8-4-2-5-9-17/h2,4-5,8-9,16,18H,3,6-7,10-15H2,1H3,(H2,24,25,30,31)/t16-/m0/s1. The van der Waals surface area contributed by atoms with Crippen LogP contribution in [0, 0.1) is 0 Å². The lowest BCUT2D eigenvalue weighted by Crippen LogP contribution is -2.48. The van der Waals surface area contributed by atoms with Gasteiger partial charge in [-0.1, -0.05) is 49.6 Å². The number of carbonyl (C=O) groups excluding carboxylic acids is 4. The summed E-state index contributed by atoms with van der Waals surface area (Å²) in [6.45, 7) is 1.85. The van der Waals surface area contributed by atoms with Crippen LogP contribution < -0.4 is 10.6 Å². The van der Waals surface area contributed by atoms with E-state index in [0.29, 0.717) is 13.0 Å². The van der Waals surface area contributed by atoms with Crippen molar-refractivity contribution in [2.24, 2.45) is 5.10 Å². The molecule has 0 unspecified atom stereocenters. The summed E-state index contributed by atoms with van der Waals surface area (Å²) in [5.41, 5.74) is 1.80. The molecule has 172 valence electrons. The number of esters is 1. The normalized spacial score (nSPS) is 17.3. The Balaban J connectivity index is 1.37. The van der Waals surface area contributed by atoms with Gasteiger partial charge in [0.05, 0.1) is 18.7 Å². The van der Waals surface area contributed by atoms with Gasteiger partial charge in [0, 0.05) is 18.9 Å². The molecule has 0 saturated heterocycles. The Labute approximate surface area is 187 Å². The van der Waals surface area contributed by atoms with Crippen molar-refractivity contribution < 1.29 is 23.9 Å². The first-order valence-corrected chi connectivity index (χ1v) is 11.2. The summed E-state index contributed by atoms with van der Waals surface area (Å²) in [5.74, 6) is -1.66. The van der Waals surface area contributed by atoms with E-state index in [9.17, 15) is 19.2 Å². The van der Waals surface area contributed by atoms with Crippen LogP contribution in [0.4, 0.5) is 4.79 Å². The Morgan fingerprint density at radius 1 is 1.09 bits per heavy atom. The molecule has 32 heavy (non-hydrogen) atoms. The summed E-state index contributed by atoms with van der Waals surface area (Å²) in [7, 11) is 0. The van der Waals surface area contributed by atoms with Crippen LogP contribution in [0.2, 0.25) is 0 Å². The molecule has 2 N–H and O–H groups in total. The van der Waals surface area contributed by atoms with Gasteiger partial charge in [-0.3, -0.25) is 19.7 Å². The summed E-state index contributed by atoms with van der Waals surface area (Å²) in [6.07, 6.45) is 4.35. The van der Waals surface area contributed by atoms with Gasteiger partial charge in [-0.05, 0) is 25.3 Å². The molecule has 1 aromatic rings. The lowest BCUT2D eigenvalue weighted by Gasteiger charge is -2.23. The van der Waals surface area contributed by atoms with Crippen molar-refractivity contribution in [1.82, 2.24) is 15.6 Å². The van der Waals surface area contributed by atoms with E-state index in [2.05, 4.69) is 15.7 Å². The third-order valence-corrected chi connectivity index (χ3v) is 5.59. The molecule has 1 atom stereocenters. The maximum Gasteiger partial charge on any atom is 0.321 e. The first-order chi connectivity index (χ1) is 15.4. The molecule has 1 saturated carbocycles. The van der Waals surface area contributed by atoms with Crippen LogP contribution in [0.15, 0.2) is 35.4 Å². The molecule has 1 aromatic carbocycles. The number of carbonyl (C=O) groups is 4. The third kappa shape index (κ3) is 6.90. The number of benzene rings is 1. The fraction of sp³-hybridized carbons (Fsp3) is 0.522. The van der Waals surface area contributed by atoms with E-state index in [1.807, 2.05) is 30.3 Å². The lowest BCUT2D eigenvalue weighted by atomic mass is 9.96. The second-order valence-electron chi connectivity index (χ2n) is 8.11. The van der Waals surface area contributed by atoms with Crippen molar-refractivity contribution in [3.05, 3.63) is 35.9 Å². The van der Waals surface area contributed by atoms with Crippen LogP contribution >= 0.6 is 0 Å². The van der Waals surface area contributed by atoms with Gasteiger partial charge >= 0.3 is 12.0 Å². The van der Waals surface area contributed by atoms with E-state index in [4.69, 9.17) is 4.74 Å². The molecule has 0 bridgehead atoms. The predicted octanol–water partition coefficient (Wildman–Crippen LogP) is 2.49. The number of imide groups is 1. The zero-order chi connectivity index (χ0) is 22.9. The number of nitrogens with zero attached hydrogens (tertiary/aromatic N) is 2. The van der Waals surface area contributed by atoms with E-state index in [1.165, 1.54) is 11.9 Å². The number of rotatable bonds is 7. The van der Waals surface area contributed by atoms with Crippen molar-refractivity contribution in [2.45, 2.75) is 70.4 Å². The summed E-state index contributed by atoms with van der Waals surface area (Å²) < 4.78 is 5.07. The van der Waals surface area contributed by atoms with Gasteiger partial charge in [0.15, 0.2) is 6.10 Å². The highest BCUT2D eigenvalue weighted by molar-refractivity contribution is 6.02. The fourth-order valence-corrected chi connectivity index (χ4v) is 3.80. The Morgan fingerprint density at radius 2 is 1.81 bits per heavy atom. The molecule has 1 aliphatic heterocycles. The monoisotopic (exact) mass is 442 g/mol. The molecular weight excluding hydrogens is 412 g/mol. The molecule has 9 nitrogen and oxygen atoms in total. The minimum absolute atomic E-state index is 0.0658. The molecule has 1 aliphatic carbocycles. The van der Waals surface area contributed by atoms with Gasteiger partial charge in [-0.15, -0.1) is 0 Å². The number of hydrogen-bond acceptors (Lipinski definition) is 6. The highest BCUT2D eigenvalue weighted by atomic mass is 16.5. The zero-order valence-corrected chi connectivity index (χ0v) is 18.3. The maximum absolute atomic E-state index is 12.4. The number of urea groups is 1. The zero-order valence-electron chi connectivity index (χ0n) is 18.3.